The van der Waals surface area contributed by atoms with Crippen LogP contribution in [0.4, 0.5) is 0 Å². The fourth-order valence-electron chi connectivity index (χ4n) is 3.48. The molecule has 0 atom stereocenters. The van der Waals surface area contributed by atoms with Crippen LogP contribution >= 0.6 is 0 Å². The van der Waals surface area contributed by atoms with Crippen molar-refractivity contribution in [3.8, 4) is 17.6 Å². The van der Waals surface area contributed by atoms with Crippen molar-refractivity contribution in [1.29, 1.82) is 5.26 Å². The maximum atomic E-state index is 12.2. The monoisotopic (exact) mass is 395 g/mol. The molecule has 2 N–H and O–H groups in total. The molecule has 8 heteroatoms. The molecule has 0 aliphatic carbocycles. The maximum Gasteiger partial charge on any atom is 0.263 e. The molecule has 0 saturated carbocycles. The smallest absolute Gasteiger partial charge is 0.263 e. The Morgan fingerprint density at radius 2 is 2.07 bits per heavy atom. The first-order chi connectivity index (χ1) is 14.2. The lowest BCUT2D eigenvalue weighted by atomic mass is 10.1. The van der Waals surface area contributed by atoms with Crippen LogP contribution in [-0.4, -0.2) is 43.8 Å². The molecule has 2 aromatic rings. The summed E-state index contributed by atoms with van der Waals surface area (Å²) >= 11 is 0. The minimum Gasteiger partial charge on any atom is -0.467 e. The summed E-state index contributed by atoms with van der Waals surface area (Å²) in [6, 6.07) is 11.6. The van der Waals surface area contributed by atoms with Gasteiger partial charge in [-0.1, -0.05) is 0 Å². The number of carbonyl (C=O) groups excluding carboxylic acids is 1. The number of nitrogens with zero attached hydrogens (tertiary/aromatic N) is 2. The topological polar surface area (TPSA) is 92.2 Å². The zero-order chi connectivity index (χ0) is 20.1. The quantitative estimate of drug-likeness (QED) is 0.545. The number of ether oxygens (including phenoxy) is 2. The summed E-state index contributed by atoms with van der Waals surface area (Å²) in [6.45, 7) is 4.89. The SMILES string of the molecule is N#C/C(=C\N1CC[NH+](Cc2ccc3c(c2)OCO3)CC1)C(=O)NCc1ccco1. The van der Waals surface area contributed by atoms with Crippen molar-refractivity contribution in [2.45, 2.75) is 13.1 Å². The fourth-order valence-corrected chi connectivity index (χ4v) is 3.48. The molecule has 1 amide bonds. The van der Waals surface area contributed by atoms with Crippen molar-refractivity contribution in [3.05, 3.63) is 59.7 Å². The van der Waals surface area contributed by atoms with Crippen LogP contribution < -0.4 is 19.7 Å². The molecule has 1 aromatic carbocycles. The van der Waals surface area contributed by atoms with Gasteiger partial charge < -0.3 is 29.0 Å². The number of carbonyl (C=O) groups is 1. The third-order valence-electron chi connectivity index (χ3n) is 5.08. The van der Waals surface area contributed by atoms with E-state index in [1.165, 1.54) is 10.5 Å². The van der Waals surface area contributed by atoms with Gasteiger partial charge in [-0.25, -0.2) is 0 Å². The van der Waals surface area contributed by atoms with E-state index in [-0.39, 0.29) is 24.8 Å². The minimum absolute atomic E-state index is 0.107. The average Bonchev–Trinajstić information content (AvgIpc) is 3.43. The van der Waals surface area contributed by atoms with Crippen LogP contribution in [0.15, 0.2) is 52.8 Å². The molecular weight excluding hydrogens is 372 g/mol. The number of hydrogen-bond acceptors (Lipinski definition) is 6. The molecule has 0 unspecified atom stereocenters. The molecule has 8 nitrogen and oxygen atoms in total. The first-order valence-electron chi connectivity index (χ1n) is 9.60. The fraction of sp³-hybridized carbons (Fsp3) is 0.333. The molecule has 3 heterocycles. The van der Waals surface area contributed by atoms with E-state index in [0.717, 1.165) is 44.2 Å². The van der Waals surface area contributed by atoms with E-state index in [4.69, 9.17) is 13.9 Å². The van der Waals surface area contributed by atoms with Crippen LogP contribution in [0.1, 0.15) is 11.3 Å². The third kappa shape index (κ3) is 4.70. The van der Waals surface area contributed by atoms with Crippen molar-refractivity contribution in [1.82, 2.24) is 10.2 Å². The standard InChI is InChI=1S/C21H22N4O4/c22-11-17(21(26)23-12-18-2-1-9-27-18)14-25-7-5-24(6-8-25)13-16-3-4-19-20(10-16)29-15-28-19/h1-4,9-10,14H,5-8,12-13,15H2,(H,23,26)/p+1/b17-14+. The number of fused-ring (bicyclic) bond motifs is 1. The lowest BCUT2D eigenvalue weighted by Crippen LogP contribution is -3.13. The number of amides is 1. The first-order valence-corrected chi connectivity index (χ1v) is 9.60. The van der Waals surface area contributed by atoms with E-state index in [9.17, 15) is 10.1 Å². The highest BCUT2D eigenvalue weighted by molar-refractivity contribution is 5.97. The predicted molar refractivity (Wildman–Crippen MR) is 103 cm³/mol. The van der Waals surface area contributed by atoms with Gasteiger partial charge >= 0.3 is 0 Å². The Hall–Kier alpha value is -3.44. The van der Waals surface area contributed by atoms with Gasteiger partial charge in [0.2, 0.25) is 6.79 Å². The summed E-state index contributed by atoms with van der Waals surface area (Å²) in [6.07, 6.45) is 3.21. The van der Waals surface area contributed by atoms with E-state index in [0.29, 0.717) is 5.76 Å². The Balaban J connectivity index is 1.27. The Kier molecular flexibility index (Phi) is 5.68. The molecule has 150 valence electrons. The third-order valence-corrected chi connectivity index (χ3v) is 5.08. The second-order valence-corrected chi connectivity index (χ2v) is 7.07. The number of hydrogen-bond donors (Lipinski definition) is 2. The van der Waals surface area contributed by atoms with E-state index in [1.807, 2.05) is 23.1 Å². The van der Waals surface area contributed by atoms with Crippen molar-refractivity contribution in [2.75, 3.05) is 33.0 Å². The summed E-state index contributed by atoms with van der Waals surface area (Å²) in [7, 11) is 0. The number of rotatable bonds is 6. The minimum atomic E-state index is -0.390. The van der Waals surface area contributed by atoms with Gasteiger partial charge in [0.25, 0.3) is 5.91 Å². The van der Waals surface area contributed by atoms with Gasteiger partial charge in [0, 0.05) is 11.8 Å². The van der Waals surface area contributed by atoms with Crippen molar-refractivity contribution < 1.29 is 23.6 Å². The van der Waals surface area contributed by atoms with Gasteiger partial charge in [0.1, 0.15) is 23.9 Å². The summed E-state index contributed by atoms with van der Waals surface area (Å²) < 4.78 is 16.0. The van der Waals surface area contributed by atoms with Crippen LogP contribution in [0.3, 0.4) is 0 Å². The van der Waals surface area contributed by atoms with Crippen molar-refractivity contribution in [2.24, 2.45) is 0 Å². The largest absolute Gasteiger partial charge is 0.467 e. The van der Waals surface area contributed by atoms with E-state index < -0.39 is 0 Å². The Morgan fingerprint density at radius 3 is 2.83 bits per heavy atom. The highest BCUT2D eigenvalue weighted by Crippen LogP contribution is 2.32. The number of benzene rings is 1. The van der Waals surface area contributed by atoms with Crippen molar-refractivity contribution >= 4 is 5.91 Å². The second kappa shape index (κ2) is 8.71. The molecule has 2 aliphatic heterocycles. The van der Waals surface area contributed by atoms with Crippen LogP contribution in [0, 0.1) is 11.3 Å². The lowest BCUT2D eigenvalue weighted by molar-refractivity contribution is -0.917. The highest BCUT2D eigenvalue weighted by Gasteiger charge is 2.21. The number of furan rings is 1. The van der Waals surface area contributed by atoms with Gasteiger partial charge in [-0.3, -0.25) is 4.79 Å². The van der Waals surface area contributed by atoms with Crippen LogP contribution in [-0.2, 0) is 17.9 Å². The van der Waals surface area contributed by atoms with E-state index in [1.54, 1.807) is 24.6 Å². The molecular formula is C21H23N4O4+. The van der Waals surface area contributed by atoms with Gasteiger partial charge in [-0.05, 0) is 30.3 Å². The van der Waals surface area contributed by atoms with E-state index in [2.05, 4.69) is 11.4 Å². The number of nitriles is 1. The lowest BCUT2D eigenvalue weighted by Gasteiger charge is -2.31. The molecule has 0 radical (unpaired) electrons. The number of quaternary nitrogens is 1. The highest BCUT2D eigenvalue weighted by atomic mass is 16.7. The normalized spacial score (nSPS) is 16.5. The Morgan fingerprint density at radius 1 is 1.24 bits per heavy atom. The molecule has 1 aromatic heterocycles. The number of nitrogens with one attached hydrogen (secondary N) is 2. The number of piperazine rings is 1. The molecule has 4 rings (SSSR count). The van der Waals surface area contributed by atoms with Crippen LogP contribution in [0.5, 0.6) is 11.5 Å². The molecule has 0 spiro atoms. The Bertz CT molecular complexity index is 925. The van der Waals surface area contributed by atoms with Crippen LogP contribution in [0.2, 0.25) is 0 Å². The summed E-state index contributed by atoms with van der Waals surface area (Å²) in [4.78, 5) is 15.7. The first kappa shape index (κ1) is 18.9. The second-order valence-electron chi connectivity index (χ2n) is 7.07. The van der Waals surface area contributed by atoms with Crippen molar-refractivity contribution in [3.63, 3.8) is 0 Å². The zero-order valence-electron chi connectivity index (χ0n) is 16.0. The predicted octanol–water partition coefficient (Wildman–Crippen LogP) is 0.433. The maximum absolute atomic E-state index is 12.2. The molecule has 1 saturated heterocycles. The molecule has 1 fully saturated rings. The molecule has 2 aliphatic rings. The summed E-state index contributed by atoms with van der Waals surface area (Å²) in [5.41, 5.74) is 1.32. The zero-order valence-corrected chi connectivity index (χ0v) is 16.0. The Labute approximate surface area is 168 Å². The summed E-state index contributed by atoms with van der Waals surface area (Å²) in [5, 5.41) is 12.1. The van der Waals surface area contributed by atoms with Gasteiger partial charge in [0.15, 0.2) is 11.5 Å². The molecule has 29 heavy (non-hydrogen) atoms. The van der Waals surface area contributed by atoms with Gasteiger partial charge in [-0.15, -0.1) is 0 Å². The van der Waals surface area contributed by atoms with Gasteiger partial charge in [-0.2, -0.15) is 5.26 Å². The summed E-state index contributed by atoms with van der Waals surface area (Å²) in [5.74, 6) is 1.87. The van der Waals surface area contributed by atoms with E-state index >= 15 is 0 Å². The van der Waals surface area contributed by atoms with Gasteiger partial charge in [0.05, 0.1) is 39.0 Å². The molecule has 0 bridgehead atoms. The average molecular weight is 395 g/mol. The van der Waals surface area contributed by atoms with Crippen LogP contribution in [0.25, 0.3) is 0 Å².